The van der Waals surface area contributed by atoms with Gasteiger partial charge in [0.2, 0.25) is 5.95 Å². The van der Waals surface area contributed by atoms with E-state index < -0.39 is 0 Å². The van der Waals surface area contributed by atoms with Gasteiger partial charge in [-0.1, -0.05) is 50.6 Å². The lowest BCUT2D eigenvalue weighted by Gasteiger charge is -2.24. The summed E-state index contributed by atoms with van der Waals surface area (Å²) in [6, 6.07) is 9.04. The fourth-order valence-corrected chi connectivity index (χ4v) is 2.66. The number of rotatable bonds is 4. The Morgan fingerprint density at radius 1 is 1.00 bits per heavy atom. The molecule has 2 rings (SSSR count). The Bertz CT molecular complexity index is 665. The zero-order valence-electron chi connectivity index (χ0n) is 15.5. The van der Waals surface area contributed by atoms with E-state index in [-0.39, 0.29) is 5.41 Å². The molecule has 1 heterocycles. The van der Waals surface area contributed by atoms with Crippen LogP contribution >= 0.6 is 0 Å². The smallest absolute Gasteiger partial charge is 0.223 e. The Morgan fingerprint density at radius 3 is 2.13 bits per heavy atom. The first-order chi connectivity index (χ1) is 10.7. The molecule has 0 aliphatic carbocycles. The van der Waals surface area contributed by atoms with Gasteiger partial charge in [0.25, 0.3) is 0 Å². The second kappa shape index (κ2) is 6.69. The molecule has 0 saturated carbocycles. The number of aryl methyl sites for hydroxylation is 2. The summed E-state index contributed by atoms with van der Waals surface area (Å²) in [5.41, 5.74) is 6.02. The summed E-state index contributed by atoms with van der Waals surface area (Å²) in [5.74, 6) is 0.732. The lowest BCUT2D eigenvalue weighted by Crippen LogP contribution is -2.22. The van der Waals surface area contributed by atoms with Crippen molar-refractivity contribution in [3.63, 3.8) is 0 Å². The van der Waals surface area contributed by atoms with Crippen molar-refractivity contribution in [2.24, 2.45) is 0 Å². The number of anilines is 1. The van der Waals surface area contributed by atoms with Crippen LogP contribution in [0.5, 0.6) is 0 Å². The van der Waals surface area contributed by atoms with E-state index in [1.807, 2.05) is 0 Å². The Morgan fingerprint density at radius 2 is 1.61 bits per heavy atom. The van der Waals surface area contributed by atoms with Gasteiger partial charge >= 0.3 is 0 Å². The van der Waals surface area contributed by atoms with E-state index in [0.717, 1.165) is 23.8 Å². The van der Waals surface area contributed by atoms with E-state index in [4.69, 9.17) is 4.98 Å². The minimum Gasteiger partial charge on any atom is -0.352 e. The van der Waals surface area contributed by atoms with Gasteiger partial charge in [-0.3, -0.25) is 0 Å². The molecule has 0 radical (unpaired) electrons. The molecule has 1 aromatic carbocycles. The molecule has 0 fully saturated rings. The third kappa shape index (κ3) is 4.54. The highest BCUT2D eigenvalue weighted by Crippen LogP contribution is 2.28. The molecule has 1 N–H and O–H groups in total. The van der Waals surface area contributed by atoms with Crippen molar-refractivity contribution in [1.82, 2.24) is 9.97 Å². The van der Waals surface area contributed by atoms with Crippen LogP contribution in [0.2, 0.25) is 0 Å². The van der Waals surface area contributed by atoms with Gasteiger partial charge in [0.05, 0.1) is 5.69 Å². The van der Waals surface area contributed by atoms with Crippen LogP contribution in [-0.4, -0.2) is 16.0 Å². The molecule has 0 bridgehead atoms. The van der Waals surface area contributed by atoms with E-state index in [0.29, 0.717) is 6.04 Å². The third-order valence-electron chi connectivity index (χ3n) is 3.84. The van der Waals surface area contributed by atoms with Gasteiger partial charge in [-0.05, 0) is 38.8 Å². The molecule has 0 unspecified atom stereocenters. The van der Waals surface area contributed by atoms with E-state index in [1.165, 1.54) is 16.7 Å². The molecule has 0 spiro atoms. The van der Waals surface area contributed by atoms with E-state index in [9.17, 15) is 0 Å². The van der Waals surface area contributed by atoms with E-state index in [2.05, 4.69) is 83.0 Å². The molecule has 2 aromatic rings. The van der Waals surface area contributed by atoms with Crippen molar-refractivity contribution in [2.45, 2.75) is 66.3 Å². The van der Waals surface area contributed by atoms with Crippen molar-refractivity contribution in [3.8, 4) is 0 Å². The fourth-order valence-electron chi connectivity index (χ4n) is 2.66. The summed E-state index contributed by atoms with van der Waals surface area (Å²) in [5, 5.41) is 3.33. The minimum atomic E-state index is -0.0128. The number of nitrogens with zero attached hydrogens (tertiary/aromatic N) is 2. The quantitative estimate of drug-likeness (QED) is 0.881. The van der Waals surface area contributed by atoms with Crippen LogP contribution in [0.3, 0.4) is 0 Å². The van der Waals surface area contributed by atoms with Crippen molar-refractivity contribution in [1.29, 1.82) is 0 Å². The van der Waals surface area contributed by atoms with Crippen molar-refractivity contribution >= 4 is 5.95 Å². The van der Waals surface area contributed by atoms with Crippen LogP contribution < -0.4 is 5.32 Å². The summed E-state index contributed by atoms with van der Waals surface area (Å²) in [6.07, 6.45) is 0.876. The number of benzene rings is 1. The molecule has 124 valence electrons. The van der Waals surface area contributed by atoms with Crippen LogP contribution in [0, 0.1) is 13.8 Å². The first kappa shape index (κ1) is 17.5. The fraction of sp³-hybridized carbons (Fsp3) is 0.500. The van der Waals surface area contributed by atoms with Crippen LogP contribution in [0.15, 0.2) is 24.3 Å². The molecular weight excluding hydrogens is 282 g/mol. The number of hydrogen-bond donors (Lipinski definition) is 1. The average Bonchev–Trinajstić information content (AvgIpc) is 2.42. The Labute approximate surface area is 140 Å². The first-order valence-electron chi connectivity index (χ1n) is 8.37. The summed E-state index contributed by atoms with van der Waals surface area (Å²) in [4.78, 5) is 9.52. The van der Waals surface area contributed by atoms with Crippen LogP contribution in [0.4, 0.5) is 5.95 Å². The molecule has 0 saturated heterocycles. The average molecular weight is 311 g/mol. The van der Waals surface area contributed by atoms with Gasteiger partial charge in [-0.2, -0.15) is 0 Å². The molecular formula is C20H29N3. The predicted octanol–water partition coefficient (Wildman–Crippen LogP) is 4.80. The van der Waals surface area contributed by atoms with Crippen LogP contribution in [0.1, 0.15) is 62.7 Å². The molecule has 0 amide bonds. The SMILES string of the molecule is Cc1ccc(Cc2c(C)nc(NC(C)C)nc2C(C)(C)C)cc1. The number of nitrogens with one attached hydrogen (secondary N) is 1. The Hall–Kier alpha value is -1.90. The molecule has 3 nitrogen and oxygen atoms in total. The maximum absolute atomic E-state index is 4.84. The minimum absolute atomic E-state index is 0.0128. The van der Waals surface area contributed by atoms with Gasteiger partial charge in [0, 0.05) is 23.6 Å². The molecule has 23 heavy (non-hydrogen) atoms. The third-order valence-corrected chi connectivity index (χ3v) is 3.84. The zero-order valence-corrected chi connectivity index (χ0v) is 15.5. The topological polar surface area (TPSA) is 37.8 Å². The summed E-state index contributed by atoms with van der Waals surface area (Å²) >= 11 is 0. The standard InChI is InChI=1S/C20H29N3/c1-13(2)21-19-22-15(4)17(18(23-19)20(5,6)7)12-16-10-8-14(3)9-11-16/h8-11,13H,12H2,1-7H3,(H,21,22,23). The maximum atomic E-state index is 4.84. The van der Waals surface area contributed by atoms with Crippen molar-refractivity contribution in [3.05, 3.63) is 52.3 Å². The predicted molar refractivity (Wildman–Crippen MR) is 98.2 cm³/mol. The Kier molecular flexibility index (Phi) is 5.08. The summed E-state index contributed by atoms with van der Waals surface area (Å²) in [7, 11) is 0. The monoisotopic (exact) mass is 311 g/mol. The number of hydrogen-bond acceptors (Lipinski definition) is 3. The van der Waals surface area contributed by atoms with Gasteiger partial charge in [0.15, 0.2) is 0 Å². The van der Waals surface area contributed by atoms with Gasteiger partial charge in [-0.25, -0.2) is 9.97 Å². The normalized spacial score (nSPS) is 11.8. The zero-order chi connectivity index (χ0) is 17.2. The molecule has 3 heteroatoms. The van der Waals surface area contributed by atoms with Gasteiger partial charge in [-0.15, -0.1) is 0 Å². The molecule has 0 aliphatic rings. The second-order valence-corrected chi connectivity index (χ2v) is 7.67. The first-order valence-corrected chi connectivity index (χ1v) is 8.37. The van der Waals surface area contributed by atoms with Crippen molar-refractivity contribution in [2.75, 3.05) is 5.32 Å². The largest absolute Gasteiger partial charge is 0.352 e. The van der Waals surface area contributed by atoms with E-state index >= 15 is 0 Å². The van der Waals surface area contributed by atoms with Crippen molar-refractivity contribution < 1.29 is 0 Å². The van der Waals surface area contributed by atoms with Gasteiger partial charge in [0.1, 0.15) is 0 Å². The lowest BCUT2D eigenvalue weighted by molar-refractivity contribution is 0.558. The highest BCUT2D eigenvalue weighted by atomic mass is 15.1. The maximum Gasteiger partial charge on any atom is 0.223 e. The molecule has 0 aliphatic heterocycles. The van der Waals surface area contributed by atoms with Gasteiger partial charge < -0.3 is 5.32 Å². The Balaban J connectivity index is 2.46. The highest BCUT2D eigenvalue weighted by molar-refractivity contribution is 5.41. The second-order valence-electron chi connectivity index (χ2n) is 7.67. The summed E-state index contributed by atoms with van der Waals surface area (Å²) in [6.45, 7) is 15.1. The summed E-state index contributed by atoms with van der Waals surface area (Å²) < 4.78 is 0. The molecule has 0 atom stereocenters. The van der Waals surface area contributed by atoms with Crippen LogP contribution in [-0.2, 0) is 11.8 Å². The highest BCUT2D eigenvalue weighted by Gasteiger charge is 2.23. The lowest BCUT2D eigenvalue weighted by atomic mass is 9.86. The molecule has 1 aromatic heterocycles. The van der Waals surface area contributed by atoms with Crippen LogP contribution in [0.25, 0.3) is 0 Å². The van der Waals surface area contributed by atoms with E-state index in [1.54, 1.807) is 0 Å². The number of aromatic nitrogens is 2.